The summed E-state index contributed by atoms with van der Waals surface area (Å²) in [5.41, 5.74) is 3.41. The van der Waals surface area contributed by atoms with E-state index in [9.17, 15) is 19.8 Å². The molecule has 0 aliphatic heterocycles. The summed E-state index contributed by atoms with van der Waals surface area (Å²) >= 11 is 1.51. The Morgan fingerprint density at radius 3 is 2.33 bits per heavy atom. The fourth-order valence-electron chi connectivity index (χ4n) is 3.91. The molecule has 0 fully saturated rings. The van der Waals surface area contributed by atoms with Gasteiger partial charge in [0.25, 0.3) is 0 Å². The quantitative estimate of drug-likeness (QED) is 0.250. The van der Waals surface area contributed by atoms with Crippen molar-refractivity contribution in [1.29, 1.82) is 0 Å². The van der Waals surface area contributed by atoms with Crippen LogP contribution in [0, 0.1) is 5.92 Å². The molecular weight excluding hydrogens is 472 g/mol. The number of hydrogen-bond acceptors (Lipinski definition) is 6. The zero-order valence-corrected chi connectivity index (χ0v) is 22.2. The summed E-state index contributed by atoms with van der Waals surface area (Å²) in [5, 5.41) is 25.8. The van der Waals surface area contributed by atoms with Crippen molar-refractivity contribution in [3.63, 3.8) is 0 Å². The van der Waals surface area contributed by atoms with Crippen molar-refractivity contribution in [2.45, 2.75) is 57.9 Å². The second-order valence-electron chi connectivity index (χ2n) is 9.21. The van der Waals surface area contributed by atoms with Crippen molar-refractivity contribution >= 4 is 23.5 Å². The minimum Gasteiger partial charge on any atom is -0.513 e. The van der Waals surface area contributed by atoms with Crippen LogP contribution in [-0.4, -0.2) is 39.7 Å². The van der Waals surface area contributed by atoms with Crippen molar-refractivity contribution in [3.05, 3.63) is 89.8 Å². The molecule has 4 N–H and O–H groups in total. The van der Waals surface area contributed by atoms with Gasteiger partial charge in [-0.15, -0.1) is 11.8 Å². The van der Waals surface area contributed by atoms with E-state index in [2.05, 4.69) is 23.8 Å². The normalized spacial score (nSPS) is 12.6. The fourth-order valence-corrected chi connectivity index (χ4v) is 4.85. The maximum atomic E-state index is 13.0. The largest absolute Gasteiger partial charge is 0.513 e. The molecule has 2 atom stereocenters. The number of rotatable bonds is 15. The number of phenols is 1. The zero-order chi connectivity index (χ0) is 26.7. The molecule has 0 aromatic heterocycles. The predicted molar refractivity (Wildman–Crippen MR) is 148 cm³/mol. The molecule has 0 radical (unpaired) electrons. The van der Waals surface area contributed by atoms with E-state index in [1.54, 1.807) is 12.1 Å². The van der Waals surface area contributed by atoms with Gasteiger partial charge in [-0.25, -0.2) is 0 Å². The molecular formula is C29H38N2O4S. The number of ketones is 1. The smallest absolute Gasteiger partial charge is 0.224 e. The van der Waals surface area contributed by atoms with Crippen LogP contribution in [0.25, 0.3) is 0 Å². The van der Waals surface area contributed by atoms with Crippen LogP contribution in [0.4, 0.5) is 0 Å². The Hall–Kier alpha value is -3.19. The average molecular weight is 511 g/mol. The molecule has 0 saturated carbocycles. The van der Waals surface area contributed by atoms with Gasteiger partial charge in [0.1, 0.15) is 5.75 Å². The Morgan fingerprint density at radius 2 is 1.72 bits per heavy atom. The first-order chi connectivity index (χ1) is 17.1. The Balaban J connectivity index is 2.03. The average Bonchev–Trinajstić information content (AvgIpc) is 2.82. The van der Waals surface area contributed by atoms with Crippen LogP contribution in [0.2, 0.25) is 0 Å². The number of benzene rings is 2. The SMILES string of the molecule is C=C(O)C[C@H](NC(=C)[C@@H](NC(=O)Cc1cc(O)ccc1CC)C(C)C)C(=O)CSCc1ccccc1. The van der Waals surface area contributed by atoms with Crippen LogP contribution in [0.3, 0.4) is 0 Å². The van der Waals surface area contributed by atoms with Crippen molar-refractivity contribution < 1.29 is 19.8 Å². The summed E-state index contributed by atoms with van der Waals surface area (Å²) in [5.74, 6) is 0.728. The number of aromatic hydroxyl groups is 1. The number of aryl methyl sites for hydroxylation is 1. The van der Waals surface area contributed by atoms with E-state index in [0.717, 1.165) is 23.1 Å². The van der Waals surface area contributed by atoms with Gasteiger partial charge >= 0.3 is 0 Å². The molecule has 0 saturated heterocycles. The molecule has 6 nitrogen and oxygen atoms in total. The van der Waals surface area contributed by atoms with Gasteiger partial charge in [0.2, 0.25) is 5.91 Å². The van der Waals surface area contributed by atoms with Crippen molar-refractivity contribution in [1.82, 2.24) is 10.6 Å². The summed E-state index contributed by atoms with van der Waals surface area (Å²) in [6.07, 6.45) is 0.938. The van der Waals surface area contributed by atoms with Crippen molar-refractivity contribution in [2.24, 2.45) is 5.92 Å². The van der Waals surface area contributed by atoms with Crippen molar-refractivity contribution in [3.8, 4) is 5.75 Å². The van der Waals surface area contributed by atoms with Crippen LogP contribution < -0.4 is 10.6 Å². The number of Topliss-reactive ketones (excluding diaryl/α,β-unsaturated/α-hetero) is 1. The second-order valence-corrected chi connectivity index (χ2v) is 10.2. The summed E-state index contributed by atoms with van der Waals surface area (Å²) in [6, 6.07) is 13.8. The van der Waals surface area contributed by atoms with E-state index in [0.29, 0.717) is 11.4 Å². The van der Waals surface area contributed by atoms with Gasteiger partial charge in [0, 0.05) is 17.9 Å². The lowest BCUT2D eigenvalue weighted by Gasteiger charge is -2.29. The summed E-state index contributed by atoms with van der Waals surface area (Å²) in [6.45, 7) is 13.6. The minimum atomic E-state index is -0.700. The number of phenolic OH excluding ortho intramolecular Hbond substituents is 1. The highest BCUT2D eigenvalue weighted by molar-refractivity contribution is 7.99. The fraction of sp³-hybridized carbons (Fsp3) is 0.379. The molecule has 7 heteroatoms. The number of hydrogen-bond donors (Lipinski definition) is 4. The molecule has 0 aliphatic carbocycles. The number of carbonyl (C=O) groups excluding carboxylic acids is 2. The molecule has 0 heterocycles. The van der Waals surface area contributed by atoms with Crippen LogP contribution in [0.1, 0.15) is 43.9 Å². The van der Waals surface area contributed by atoms with Gasteiger partial charge in [-0.2, -0.15) is 0 Å². The monoisotopic (exact) mass is 510 g/mol. The lowest BCUT2D eigenvalue weighted by atomic mass is 9.98. The van der Waals surface area contributed by atoms with Crippen LogP contribution in [-0.2, 0) is 28.2 Å². The maximum absolute atomic E-state index is 13.0. The van der Waals surface area contributed by atoms with Gasteiger partial charge < -0.3 is 20.8 Å². The standard InChI is InChI=1S/C29H38N2O4S/c1-6-23-12-13-25(33)15-24(23)16-28(35)31-29(19(2)3)21(5)30-26(14-20(4)32)27(34)18-36-17-22-10-8-7-9-11-22/h7-13,15,19,26,29-30,32-33H,4-6,14,16-18H2,1-3H3,(H,31,35)/t26-,29-/m0/s1. The number of amides is 1. The number of aliphatic hydroxyl groups excluding tert-OH is 1. The van der Waals surface area contributed by atoms with E-state index in [1.165, 1.54) is 11.8 Å². The molecule has 1 amide bonds. The molecule has 0 bridgehead atoms. The predicted octanol–water partition coefficient (Wildman–Crippen LogP) is 5.07. The number of nitrogens with one attached hydrogen (secondary N) is 2. The van der Waals surface area contributed by atoms with Gasteiger partial charge in [-0.3, -0.25) is 9.59 Å². The van der Waals surface area contributed by atoms with Crippen LogP contribution >= 0.6 is 11.8 Å². The first kappa shape index (κ1) is 29.0. The highest BCUT2D eigenvalue weighted by atomic mass is 32.2. The third-order valence-corrected chi connectivity index (χ3v) is 6.85. The molecule has 2 rings (SSSR count). The van der Waals surface area contributed by atoms with E-state index in [1.807, 2.05) is 57.2 Å². The Labute approximate surface area is 218 Å². The Morgan fingerprint density at radius 1 is 1.03 bits per heavy atom. The van der Waals surface area contributed by atoms with E-state index in [4.69, 9.17) is 0 Å². The third kappa shape index (κ3) is 9.46. The summed E-state index contributed by atoms with van der Waals surface area (Å²) in [4.78, 5) is 25.9. The first-order valence-corrected chi connectivity index (χ1v) is 13.3. The number of aliphatic hydroxyl groups is 1. The van der Waals surface area contributed by atoms with Gasteiger partial charge in [0.15, 0.2) is 5.78 Å². The first-order valence-electron chi connectivity index (χ1n) is 12.2. The number of carbonyl (C=O) groups is 2. The molecule has 194 valence electrons. The van der Waals surface area contributed by atoms with Crippen LogP contribution in [0.15, 0.2) is 73.1 Å². The summed E-state index contributed by atoms with van der Waals surface area (Å²) < 4.78 is 0. The minimum absolute atomic E-state index is 0.00399. The second kappa shape index (κ2) is 14.4. The van der Waals surface area contributed by atoms with E-state index in [-0.39, 0.29) is 47.7 Å². The maximum Gasteiger partial charge on any atom is 0.224 e. The van der Waals surface area contributed by atoms with Gasteiger partial charge in [-0.05, 0) is 41.2 Å². The molecule has 0 unspecified atom stereocenters. The lowest BCUT2D eigenvalue weighted by molar-refractivity contribution is -0.121. The molecule has 0 aliphatic rings. The zero-order valence-electron chi connectivity index (χ0n) is 21.4. The van der Waals surface area contributed by atoms with Crippen LogP contribution in [0.5, 0.6) is 5.75 Å². The molecule has 2 aromatic carbocycles. The summed E-state index contributed by atoms with van der Waals surface area (Å²) in [7, 11) is 0. The lowest BCUT2D eigenvalue weighted by Crippen LogP contribution is -2.48. The topological polar surface area (TPSA) is 98.7 Å². The van der Waals surface area contributed by atoms with E-state index < -0.39 is 12.1 Å². The Bertz CT molecular complexity index is 1050. The molecule has 0 spiro atoms. The Kier molecular flexibility index (Phi) is 11.6. The molecule has 36 heavy (non-hydrogen) atoms. The van der Waals surface area contributed by atoms with Gasteiger partial charge in [-0.1, -0.05) is 70.3 Å². The number of thioether (sulfide) groups is 1. The van der Waals surface area contributed by atoms with Gasteiger partial charge in [0.05, 0.1) is 30.0 Å². The van der Waals surface area contributed by atoms with Crippen molar-refractivity contribution in [2.75, 3.05) is 5.75 Å². The highest BCUT2D eigenvalue weighted by Crippen LogP contribution is 2.19. The highest BCUT2D eigenvalue weighted by Gasteiger charge is 2.25. The molecule has 2 aromatic rings. The van der Waals surface area contributed by atoms with E-state index >= 15 is 0 Å². The third-order valence-electron chi connectivity index (χ3n) is 5.82.